The van der Waals surface area contributed by atoms with Crippen LogP contribution >= 0.6 is 0 Å². The van der Waals surface area contributed by atoms with Gasteiger partial charge in [0.25, 0.3) is 0 Å². The second-order valence-electron chi connectivity index (χ2n) is 5.02. The smallest absolute Gasteiger partial charge is 0.125 e. The van der Waals surface area contributed by atoms with Gasteiger partial charge in [0.15, 0.2) is 0 Å². The van der Waals surface area contributed by atoms with Gasteiger partial charge < -0.3 is 15.0 Å². The van der Waals surface area contributed by atoms with Gasteiger partial charge >= 0.3 is 0 Å². The van der Waals surface area contributed by atoms with Crippen molar-refractivity contribution in [3.05, 3.63) is 29.5 Å². The molecule has 3 nitrogen and oxygen atoms in total. The number of H-pyrrole nitrogens is 1. The van der Waals surface area contributed by atoms with E-state index in [0.29, 0.717) is 5.75 Å². The first kappa shape index (κ1) is 13.0. The molecule has 0 saturated heterocycles. The molecule has 0 saturated carbocycles. The van der Waals surface area contributed by atoms with E-state index >= 15 is 0 Å². The Labute approximate surface area is 108 Å². The monoisotopic (exact) mass is 246 g/mol. The SMILES string of the molecule is CCCN(C)CCc1c[nH]c2c(C)ccc(O)c12. The van der Waals surface area contributed by atoms with Crippen LogP contribution in [0.4, 0.5) is 0 Å². The molecular formula is C15H22N2O. The third-order valence-electron chi connectivity index (χ3n) is 3.47. The van der Waals surface area contributed by atoms with Gasteiger partial charge in [-0.3, -0.25) is 0 Å². The van der Waals surface area contributed by atoms with Crippen molar-refractivity contribution >= 4 is 10.9 Å². The second kappa shape index (κ2) is 5.44. The van der Waals surface area contributed by atoms with E-state index in [9.17, 15) is 5.11 Å². The molecule has 0 fully saturated rings. The lowest BCUT2D eigenvalue weighted by Crippen LogP contribution is -2.21. The zero-order valence-corrected chi connectivity index (χ0v) is 11.5. The Morgan fingerprint density at radius 1 is 1.28 bits per heavy atom. The van der Waals surface area contributed by atoms with Gasteiger partial charge in [0.2, 0.25) is 0 Å². The van der Waals surface area contributed by atoms with E-state index in [1.165, 1.54) is 17.5 Å². The fraction of sp³-hybridized carbons (Fsp3) is 0.467. The molecule has 0 bridgehead atoms. The highest BCUT2D eigenvalue weighted by atomic mass is 16.3. The number of fused-ring (bicyclic) bond motifs is 1. The molecule has 0 aliphatic carbocycles. The molecule has 18 heavy (non-hydrogen) atoms. The number of hydrogen-bond donors (Lipinski definition) is 2. The maximum atomic E-state index is 10.0. The molecule has 0 spiro atoms. The molecule has 2 N–H and O–H groups in total. The quantitative estimate of drug-likeness (QED) is 0.851. The van der Waals surface area contributed by atoms with Crippen molar-refractivity contribution in [2.45, 2.75) is 26.7 Å². The zero-order chi connectivity index (χ0) is 13.1. The summed E-state index contributed by atoms with van der Waals surface area (Å²) < 4.78 is 0. The summed E-state index contributed by atoms with van der Waals surface area (Å²) in [5, 5.41) is 11.0. The van der Waals surface area contributed by atoms with E-state index in [1.54, 1.807) is 6.07 Å². The first-order valence-electron chi connectivity index (χ1n) is 6.60. The van der Waals surface area contributed by atoms with Crippen LogP contribution in [-0.4, -0.2) is 35.1 Å². The van der Waals surface area contributed by atoms with Crippen LogP contribution in [0, 0.1) is 6.92 Å². The van der Waals surface area contributed by atoms with Gasteiger partial charge in [-0.2, -0.15) is 0 Å². The summed E-state index contributed by atoms with van der Waals surface area (Å²) in [4.78, 5) is 5.60. The number of likely N-dealkylation sites (N-methyl/N-ethyl adjacent to an activating group) is 1. The standard InChI is InChI=1S/C15H22N2O/c1-4-8-17(3)9-7-12-10-16-15-11(2)5-6-13(18)14(12)15/h5-6,10,16,18H,4,7-9H2,1-3H3. The molecule has 0 atom stereocenters. The van der Waals surface area contributed by atoms with Crippen molar-refractivity contribution in [3.63, 3.8) is 0 Å². The third kappa shape index (κ3) is 2.51. The molecule has 0 aliphatic rings. The van der Waals surface area contributed by atoms with Crippen molar-refractivity contribution in [1.29, 1.82) is 0 Å². The Kier molecular flexibility index (Phi) is 3.92. The van der Waals surface area contributed by atoms with Crippen molar-refractivity contribution in [3.8, 4) is 5.75 Å². The minimum Gasteiger partial charge on any atom is -0.507 e. The van der Waals surface area contributed by atoms with Gasteiger partial charge in [-0.15, -0.1) is 0 Å². The van der Waals surface area contributed by atoms with Gasteiger partial charge in [0.1, 0.15) is 5.75 Å². The molecule has 1 aromatic carbocycles. The molecular weight excluding hydrogens is 224 g/mol. The molecule has 3 heteroatoms. The molecule has 2 rings (SSSR count). The third-order valence-corrected chi connectivity index (χ3v) is 3.47. The van der Waals surface area contributed by atoms with E-state index in [2.05, 4.69) is 30.8 Å². The molecule has 1 aromatic heterocycles. The van der Waals surface area contributed by atoms with Crippen LogP contribution in [0.3, 0.4) is 0 Å². The van der Waals surface area contributed by atoms with Crippen molar-refractivity contribution in [2.75, 3.05) is 20.1 Å². The lowest BCUT2D eigenvalue weighted by atomic mass is 10.1. The zero-order valence-electron chi connectivity index (χ0n) is 11.5. The Bertz CT molecular complexity index is 531. The summed E-state index contributed by atoms with van der Waals surface area (Å²) in [6, 6.07) is 3.73. The van der Waals surface area contributed by atoms with E-state index < -0.39 is 0 Å². The number of aromatic hydroxyl groups is 1. The molecule has 0 unspecified atom stereocenters. The minimum absolute atomic E-state index is 0.380. The van der Waals surface area contributed by atoms with Crippen molar-refractivity contribution in [2.24, 2.45) is 0 Å². The largest absolute Gasteiger partial charge is 0.507 e. The fourth-order valence-corrected chi connectivity index (χ4v) is 2.44. The average Bonchev–Trinajstić information content (AvgIpc) is 2.77. The topological polar surface area (TPSA) is 39.3 Å². The summed E-state index contributed by atoms with van der Waals surface area (Å²) in [6.07, 6.45) is 4.17. The van der Waals surface area contributed by atoms with Crippen LogP contribution in [0.1, 0.15) is 24.5 Å². The van der Waals surface area contributed by atoms with E-state index in [1.807, 2.05) is 12.3 Å². The second-order valence-corrected chi connectivity index (χ2v) is 5.02. The molecule has 98 valence electrons. The Morgan fingerprint density at radius 3 is 2.78 bits per heavy atom. The number of nitrogens with zero attached hydrogens (tertiary/aromatic N) is 1. The normalized spacial score (nSPS) is 11.6. The number of phenolic OH excluding ortho intramolecular Hbond substituents is 1. The van der Waals surface area contributed by atoms with Gasteiger partial charge in [0.05, 0.1) is 5.52 Å². The predicted molar refractivity (Wildman–Crippen MR) is 76.2 cm³/mol. The lowest BCUT2D eigenvalue weighted by Gasteiger charge is -2.14. The molecule has 0 amide bonds. The number of rotatable bonds is 5. The molecule has 2 aromatic rings. The lowest BCUT2D eigenvalue weighted by molar-refractivity contribution is 0.339. The highest BCUT2D eigenvalue weighted by Crippen LogP contribution is 2.30. The molecule has 0 radical (unpaired) electrons. The summed E-state index contributed by atoms with van der Waals surface area (Å²) in [7, 11) is 2.14. The summed E-state index contributed by atoms with van der Waals surface area (Å²) in [6.45, 7) is 6.39. The first-order valence-corrected chi connectivity index (χ1v) is 6.60. The van der Waals surface area contributed by atoms with E-state index in [-0.39, 0.29) is 0 Å². The average molecular weight is 246 g/mol. The summed E-state index contributed by atoms with van der Waals surface area (Å²) in [5.74, 6) is 0.380. The molecule has 1 heterocycles. The Hall–Kier alpha value is -1.48. The van der Waals surface area contributed by atoms with E-state index in [4.69, 9.17) is 0 Å². The van der Waals surface area contributed by atoms with Crippen LogP contribution in [-0.2, 0) is 6.42 Å². The van der Waals surface area contributed by atoms with Crippen LogP contribution in [0.5, 0.6) is 5.75 Å². The number of aromatic nitrogens is 1. The number of benzene rings is 1. The van der Waals surface area contributed by atoms with Crippen LogP contribution in [0.25, 0.3) is 10.9 Å². The fourth-order valence-electron chi connectivity index (χ4n) is 2.44. The highest BCUT2D eigenvalue weighted by molar-refractivity contribution is 5.91. The maximum Gasteiger partial charge on any atom is 0.125 e. The maximum absolute atomic E-state index is 10.0. The number of aromatic amines is 1. The van der Waals surface area contributed by atoms with Gasteiger partial charge in [0, 0.05) is 18.1 Å². The van der Waals surface area contributed by atoms with Crippen LogP contribution in [0.15, 0.2) is 18.3 Å². The Morgan fingerprint density at radius 2 is 2.06 bits per heavy atom. The summed E-state index contributed by atoms with van der Waals surface area (Å²) in [5.41, 5.74) is 3.44. The minimum atomic E-state index is 0.380. The van der Waals surface area contributed by atoms with Gasteiger partial charge in [-0.1, -0.05) is 13.0 Å². The summed E-state index contributed by atoms with van der Waals surface area (Å²) >= 11 is 0. The number of aryl methyl sites for hydroxylation is 1. The molecule has 0 aliphatic heterocycles. The number of nitrogens with one attached hydrogen (secondary N) is 1. The van der Waals surface area contributed by atoms with Crippen LogP contribution in [0.2, 0.25) is 0 Å². The van der Waals surface area contributed by atoms with Crippen molar-refractivity contribution in [1.82, 2.24) is 9.88 Å². The van der Waals surface area contributed by atoms with Gasteiger partial charge in [-0.25, -0.2) is 0 Å². The highest BCUT2D eigenvalue weighted by Gasteiger charge is 2.10. The van der Waals surface area contributed by atoms with Crippen LogP contribution < -0.4 is 0 Å². The van der Waals surface area contributed by atoms with E-state index in [0.717, 1.165) is 30.4 Å². The Balaban J connectivity index is 2.21. The van der Waals surface area contributed by atoms with Gasteiger partial charge in [-0.05, 0) is 50.6 Å². The number of hydrogen-bond acceptors (Lipinski definition) is 2. The predicted octanol–water partition coefficient (Wildman–Crippen LogP) is 3.07. The van der Waals surface area contributed by atoms with Crippen molar-refractivity contribution < 1.29 is 5.11 Å². The number of phenols is 1. The first-order chi connectivity index (χ1) is 8.63.